The number of anilines is 1. The summed E-state index contributed by atoms with van der Waals surface area (Å²) in [5, 5.41) is 17.4. The van der Waals surface area contributed by atoms with E-state index in [2.05, 4.69) is 4.98 Å². The van der Waals surface area contributed by atoms with Crippen molar-refractivity contribution in [3.8, 4) is 6.07 Å². The number of aliphatic hydroxyl groups is 1. The highest BCUT2D eigenvalue weighted by molar-refractivity contribution is 5.51. The summed E-state index contributed by atoms with van der Waals surface area (Å²) in [6.07, 6.45) is -1.79. The molecule has 4 nitrogen and oxygen atoms in total. The second kappa shape index (κ2) is 3.98. The van der Waals surface area contributed by atoms with Gasteiger partial charge < -0.3 is 10.8 Å². The Kier molecular flexibility index (Phi) is 2.94. The molecule has 14 heavy (non-hydrogen) atoms. The van der Waals surface area contributed by atoms with Crippen LogP contribution in [0.4, 0.5) is 14.6 Å². The number of aliphatic hydroxyl groups excluding tert-OH is 1. The molecule has 1 heterocycles. The van der Waals surface area contributed by atoms with E-state index in [1.165, 1.54) is 0 Å². The number of nitrogens with two attached hydrogens (primary N) is 1. The Morgan fingerprint density at radius 1 is 1.64 bits per heavy atom. The molecule has 3 N–H and O–H groups in total. The lowest BCUT2D eigenvalue weighted by Gasteiger charge is -2.09. The predicted molar refractivity (Wildman–Crippen MR) is 44.2 cm³/mol. The maximum Gasteiger partial charge on any atom is 0.267 e. The molecule has 1 aromatic rings. The first-order valence-electron chi connectivity index (χ1n) is 3.68. The molecule has 74 valence electrons. The standard InChI is InChI=1S/C8H7F2N3O/c9-7(10)6-5(3-14)4(1-11)2-13-8(6)12/h2,7,14H,3H2,(H2,12,13). The summed E-state index contributed by atoms with van der Waals surface area (Å²) < 4.78 is 24.9. The second-order valence-electron chi connectivity index (χ2n) is 2.52. The van der Waals surface area contributed by atoms with Gasteiger partial charge in [0.1, 0.15) is 11.9 Å². The summed E-state index contributed by atoms with van der Waals surface area (Å²) in [6, 6.07) is 1.66. The van der Waals surface area contributed by atoms with Gasteiger partial charge in [-0.15, -0.1) is 0 Å². The van der Waals surface area contributed by atoms with Crippen LogP contribution in [0.25, 0.3) is 0 Å². The van der Waals surface area contributed by atoms with Gasteiger partial charge in [-0.2, -0.15) is 5.26 Å². The molecule has 0 radical (unpaired) electrons. The third-order valence-corrected chi connectivity index (χ3v) is 1.76. The molecule has 0 saturated carbocycles. The lowest BCUT2D eigenvalue weighted by Crippen LogP contribution is -2.05. The first-order valence-corrected chi connectivity index (χ1v) is 3.68. The van der Waals surface area contributed by atoms with E-state index < -0.39 is 18.6 Å². The molecule has 0 unspecified atom stereocenters. The lowest BCUT2D eigenvalue weighted by molar-refractivity contribution is 0.147. The molecular formula is C8H7F2N3O. The Bertz CT molecular complexity index is 387. The smallest absolute Gasteiger partial charge is 0.267 e. The number of halogens is 2. The minimum atomic E-state index is -2.85. The van der Waals surface area contributed by atoms with Crippen LogP contribution in [0.1, 0.15) is 23.1 Å². The highest BCUT2D eigenvalue weighted by Gasteiger charge is 2.20. The van der Waals surface area contributed by atoms with E-state index in [4.69, 9.17) is 16.1 Å². The van der Waals surface area contributed by atoms with Gasteiger partial charge in [0.05, 0.1) is 17.7 Å². The summed E-state index contributed by atoms with van der Waals surface area (Å²) >= 11 is 0. The van der Waals surface area contributed by atoms with Gasteiger partial charge in [0.25, 0.3) is 6.43 Å². The maximum absolute atomic E-state index is 12.5. The molecule has 1 rings (SSSR count). The van der Waals surface area contributed by atoms with Crippen molar-refractivity contribution in [3.05, 3.63) is 22.9 Å². The van der Waals surface area contributed by atoms with E-state index >= 15 is 0 Å². The number of hydrogen-bond acceptors (Lipinski definition) is 4. The molecule has 0 saturated heterocycles. The second-order valence-corrected chi connectivity index (χ2v) is 2.52. The van der Waals surface area contributed by atoms with E-state index in [9.17, 15) is 8.78 Å². The number of aromatic nitrogens is 1. The normalized spacial score (nSPS) is 10.2. The fourth-order valence-electron chi connectivity index (χ4n) is 1.09. The van der Waals surface area contributed by atoms with Gasteiger partial charge in [-0.3, -0.25) is 0 Å². The van der Waals surface area contributed by atoms with Crippen LogP contribution in [-0.2, 0) is 6.61 Å². The summed E-state index contributed by atoms with van der Waals surface area (Å²) in [5.74, 6) is -0.358. The molecule has 0 aromatic carbocycles. The lowest BCUT2D eigenvalue weighted by atomic mass is 10.1. The molecule has 0 aliphatic heterocycles. The van der Waals surface area contributed by atoms with Crippen molar-refractivity contribution in [2.45, 2.75) is 13.0 Å². The number of nitrogens with zero attached hydrogens (tertiary/aromatic N) is 2. The van der Waals surface area contributed by atoms with Crippen LogP contribution in [0.2, 0.25) is 0 Å². The van der Waals surface area contributed by atoms with Gasteiger partial charge in [0.2, 0.25) is 0 Å². The van der Waals surface area contributed by atoms with Crippen molar-refractivity contribution in [1.82, 2.24) is 4.98 Å². The SMILES string of the molecule is N#Cc1cnc(N)c(C(F)F)c1CO. The Morgan fingerprint density at radius 3 is 2.71 bits per heavy atom. The molecule has 0 atom stereocenters. The summed E-state index contributed by atoms with van der Waals surface area (Å²) in [5.41, 5.74) is 4.40. The number of nitrogen functional groups attached to an aromatic ring is 1. The minimum absolute atomic E-state index is 0.0861. The Labute approximate surface area is 78.6 Å². The van der Waals surface area contributed by atoms with Crippen LogP contribution in [0.15, 0.2) is 6.20 Å². The number of rotatable bonds is 2. The quantitative estimate of drug-likeness (QED) is 0.743. The van der Waals surface area contributed by atoms with Gasteiger partial charge >= 0.3 is 0 Å². The molecule has 0 amide bonds. The maximum atomic E-state index is 12.5. The molecule has 0 bridgehead atoms. The van der Waals surface area contributed by atoms with Gasteiger partial charge in [0, 0.05) is 11.8 Å². The average molecular weight is 199 g/mol. The van der Waals surface area contributed by atoms with Crippen molar-refractivity contribution < 1.29 is 13.9 Å². The van der Waals surface area contributed by atoms with Crippen molar-refractivity contribution >= 4 is 5.82 Å². The number of hydrogen-bond donors (Lipinski definition) is 2. The average Bonchev–Trinajstić information content (AvgIpc) is 2.16. The van der Waals surface area contributed by atoms with Crippen LogP contribution < -0.4 is 5.73 Å². The predicted octanol–water partition coefficient (Wildman–Crippen LogP) is 0.965. The zero-order valence-corrected chi connectivity index (χ0v) is 7.04. The minimum Gasteiger partial charge on any atom is -0.392 e. The molecular weight excluding hydrogens is 192 g/mol. The van der Waals surface area contributed by atoms with Crippen LogP contribution >= 0.6 is 0 Å². The van der Waals surface area contributed by atoms with Crippen molar-refractivity contribution in [1.29, 1.82) is 5.26 Å². The third kappa shape index (κ3) is 1.63. The molecule has 0 fully saturated rings. The van der Waals surface area contributed by atoms with Crippen LogP contribution in [0, 0.1) is 11.3 Å². The zero-order chi connectivity index (χ0) is 10.7. The van der Waals surface area contributed by atoms with Crippen molar-refractivity contribution in [3.63, 3.8) is 0 Å². The molecule has 0 aliphatic carbocycles. The molecule has 0 spiro atoms. The fraction of sp³-hybridized carbons (Fsp3) is 0.250. The van der Waals surface area contributed by atoms with Crippen molar-refractivity contribution in [2.75, 3.05) is 5.73 Å². The Balaban J connectivity index is 3.45. The fourth-order valence-corrected chi connectivity index (χ4v) is 1.09. The summed E-state index contributed by atoms with van der Waals surface area (Å²) in [6.45, 7) is -0.657. The summed E-state index contributed by atoms with van der Waals surface area (Å²) in [4.78, 5) is 3.44. The van der Waals surface area contributed by atoms with Gasteiger partial charge in [0.15, 0.2) is 0 Å². The van der Waals surface area contributed by atoms with E-state index in [1.54, 1.807) is 6.07 Å². The zero-order valence-electron chi connectivity index (χ0n) is 7.04. The largest absolute Gasteiger partial charge is 0.392 e. The van der Waals surface area contributed by atoms with Gasteiger partial charge in [-0.25, -0.2) is 13.8 Å². The molecule has 1 aromatic heterocycles. The van der Waals surface area contributed by atoms with E-state index in [-0.39, 0.29) is 16.9 Å². The molecule has 0 aliphatic rings. The van der Waals surface area contributed by atoms with Gasteiger partial charge in [-0.1, -0.05) is 0 Å². The highest BCUT2D eigenvalue weighted by atomic mass is 19.3. The summed E-state index contributed by atoms with van der Waals surface area (Å²) in [7, 11) is 0. The van der Waals surface area contributed by atoms with E-state index in [1.807, 2.05) is 0 Å². The number of nitriles is 1. The third-order valence-electron chi connectivity index (χ3n) is 1.76. The number of pyridine rings is 1. The van der Waals surface area contributed by atoms with Crippen LogP contribution in [0.3, 0.4) is 0 Å². The van der Waals surface area contributed by atoms with Gasteiger partial charge in [-0.05, 0) is 0 Å². The first-order chi connectivity index (χ1) is 6.61. The van der Waals surface area contributed by atoms with Crippen LogP contribution in [0.5, 0.6) is 0 Å². The van der Waals surface area contributed by atoms with E-state index in [0.29, 0.717) is 0 Å². The van der Waals surface area contributed by atoms with Crippen molar-refractivity contribution in [2.24, 2.45) is 0 Å². The monoisotopic (exact) mass is 199 g/mol. The highest BCUT2D eigenvalue weighted by Crippen LogP contribution is 2.29. The Morgan fingerprint density at radius 2 is 2.29 bits per heavy atom. The molecule has 6 heteroatoms. The number of alkyl halides is 2. The van der Waals surface area contributed by atoms with E-state index in [0.717, 1.165) is 6.20 Å². The first kappa shape index (κ1) is 10.3. The Hall–Kier alpha value is -1.74. The topological polar surface area (TPSA) is 82.9 Å². The van der Waals surface area contributed by atoms with Crippen LogP contribution in [-0.4, -0.2) is 10.1 Å².